The van der Waals surface area contributed by atoms with E-state index in [1.165, 1.54) is 0 Å². The molecule has 0 bridgehead atoms. The van der Waals surface area contributed by atoms with Crippen molar-refractivity contribution >= 4 is 22.3 Å². The van der Waals surface area contributed by atoms with Gasteiger partial charge >= 0.3 is 0 Å². The molecule has 2 aromatic rings. The first-order chi connectivity index (χ1) is 7.13. The van der Waals surface area contributed by atoms with E-state index in [9.17, 15) is 0 Å². The Balaban J connectivity index is 2.69. The Hall–Kier alpha value is -1.71. The molecule has 0 aliphatic rings. The quantitative estimate of drug-likeness (QED) is 0.738. The van der Waals surface area contributed by atoms with Crippen molar-refractivity contribution < 1.29 is 0 Å². The lowest BCUT2D eigenvalue weighted by atomic mass is 10.2. The van der Waals surface area contributed by atoms with Crippen molar-refractivity contribution in [2.24, 2.45) is 0 Å². The van der Waals surface area contributed by atoms with Crippen LogP contribution in [0.3, 0.4) is 0 Å². The van der Waals surface area contributed by atoms with E-state index < -0.39 is 0 Å². The molecule has 1 aromatic carbocycles. The fourth-order valence-corrected chi connectivity index (χ4v) is 1.74. The third-order valence-electron chi connectivity index (χ3n) is 2.53. The lowest BCUT2D eigenvalue weighted by Crippen LogP contribution is -2.03. The van der Waals surface area contributed by atoms with Crippen molar-refractivity contribution in [3.8, 4) is 0 Å². The predicted octanol–water partition coefficient (Wildman–Crippen LogP) is 2.24. The Morgan fingerprint density at radius 3 is 2.73 bits per heavy atom. The predicted molar refractivity (Wildman–Crippen MR) is 64.1 cm³/mol. The molecule has 0 spiro atoms. The molecule has 0 radical (unpaired) electrons. The minimum Gasteiger partial charge on any atom is -0.397 e. The fraction of sp³-hybridized carbons (Fsp3) is 0.364. The first-order valence-corrected chi connectivity index (χ1v) is 5.08. The van der Waals surface area contributed by atoms with E-state index in [1.807, 2.05) is 30.1 Å². The monoisotopic (exact) mass is 204 g/mol. The van der Waals surface area contributed by atoms with Gasteiger partial charge in [0.05, 0.1) is 23.1 Å². The number of hydrogen-bond donors (Lipinski definition) is 2. The van der Waals surface area contributed by atoms with Gasteiger partial charge in [-0.3, -0.25) is 4.68 Å². The van der Waals surface area contributed by atoms with Crippen molar-refractivity contribution in [1.82, 2.24) is 9.78 Å². The summed E-state index contributed by atoms with van der Waals surface area (Å²) in [4.78, 5) is 0. The van der Waals surface area contributed by atoms with E-state index in [0.717, 1.165) is 22.3 Å². The van der Waals surface area contributed by atoms with Crippen LogP contribution in [0.15, 0.2) is 18.3 Å². The zero-order valence-electron chi connectivity index (χ0n) is 9.28. The van der Waals surface area contributed by atoms with Crippen LogP contribution in [0.4, 0.5) is 11.4 Å². The number of hydrogen-bond acceptors (Lipinski definition) is 3. The Kier molecular flexibility index (Phi) is 2.26. The topological polar surface area (TPSA) is 55.9 Å². The van der Waals surface area contributed by atoms with Crippen LogP contribution in [-0.2, 0) is 0 Å². The molecule has 0 fully saturated rings. The number of aromatic nitrogens is 2. The van der Waals surface area contributed by atoms with Crippen molar-refractivity contribution in [1.29, 1.82) is 0 Å². The molecule has 4 nitrogen and oxygen atoms in total. The van der Waals surface area contributed by atoms with Crippen LogP contribution in [0.5, 0.6) is 0 Å². The largest absolute Gasteiger partial charge is 0.397 e. The van der Waals surface area contributed by atoms with Gasteiger partial charge in [-0.15, -0.1) is 0 Å². The lowest BCUT2D eigenvalue weighted by Gasteiger charge is -2.09. The van der Waals surface area contributed by atoms with Gasteiger partial charge in [0, 0.05) is 18.5 Å². The average Bonchev–Trinajstić information content (AvgIpc) is 2.59. The molecule has 0 atom stereocenters. The highest BCUT2D eigenvalue weighted by Crippen LogP contribution is 2.26. The van der Waals surface area contributed by atoms with Gasteiger partial charge in [0.1, 0.15) is 0 Å². The van der Waals surface area contributed by atoms with Crippen LogP contribution < -0.4 is 11.1 Å². The molecule has 15 heavy (non-hydrogen) atoms. The summed E-state index contributed by atoms with van der Waals surface area (Å²) in [6.45, 7) is 4.23. The van der Waals surface area contributed by atoms with Crippen LogP contribution in [0, 0.1) is 0 Å². The zero-order valence-corrected chi connectivity index (χ0v) is 9.28. The van der Waals surface area contributed by atoms with Gasteiger partial charge in [-0.2, -0.15) is 5.10 Å². The molecule has 0 aliphatic carbocycles. The standard InChI is InChI=1S/C11H16N4/c1-7(2)15-11-5-10(13-3)9(12)4-8(11)6-14-15/h4-7,13H,12H2,1-3H3. The smallest absolute Gasteiger partial charge is 0.0707 e. The van der Waals surface area contributed by atoms with E-state index in [-0.39, 0.29) is 0 Å². The molecular formula is C11H16N4. The normalized spacial score (nSPS) is 11.2. The summed E-state index contributed by atoms with van der Waals surface area (Å²) >= 11 is 0. The molecule has 0 saturated heterocycles. The lowest BCUT2D eigenvalue weighted by molar-refractivity contribution is 0.551. The number of anilines is 2. The highest BCUT2D eigenvalue weighted by atomic mass is 15.3. The summed E-state index contributed by atoms with van der Waals surface area (Å²) in [6, 6.07) is 4.35. The third-order valence-corrected chi connectivity index (χ3v) is 2.53. The van der Waals surface area contributed by atoms with Crippen molar-refractivity contribution in [3.05, 3.63) is 18.3 Å². The SMILES string of the molecule is CNc1cc2c(cnn2C(C)C)cc1N. The van der Waals surface area contributed by atoms with E-state index in [1.54, 1.807) is 0 Å². The number of nitrogens with one attached hydrogen (secondary N) is 1. The maximum atomic E-state index is 5.88. The second-order valence-corrected chi connectivity index (χ2v) is 3.93. The summed E-state index contributed by atoms with van der Waals surface area (Å²) in [7, 11) is 1.87. The highest BCUT2D eigenvalue weighted by Gasteiger charge is 2.08. The maximum Gasteiger partial charge on any atom is 0.0707 e. The van der Waals surface area contributed by atoms with E-state index in [2.05, 4.69) is 24.3 Å². The molecule has 2 rings (SSSR count). The minimum atomic E-state index is 0.357. The molecule has 4 heteroatoms. The number of rotatable bonds is 2. The van der Waals surface area contributed by atoms with Crippen molar-refractivity contribution in [2.45, 2.75) is 19.9 Å². The number of nitrogens with two attached hydrogens (primary N) is 1. The molecule has 3 N–H and O–H groups in total. The summed E-state index contributed by atoms with van der Waals surface area (Å²) < 4.78 is 2.00. The van der Waals surface area contributed by atoms with Crippen LogP contribution in [0.25, 0.3) is 10.9 Å². The number of nitrogen functional groups attached to an aromatic ring is 1. The first-order valence-electron chi connectivity index (χ1n) is 5.08. The highest BCUT2D eigenvalue weighted by molar-refractivity contribution is 5.89. The number of nitrogens with zero attached hydrogens (tertiary/aromatic N) is 2. The molecular weight excluding hydrogens is 188 g/mol. The maximum absolute atomic E-state index is 5.88. The fourth-order valence-electron chi connectivity index (χ4n) is 1.74. The Labute approximate surface area is 89.1 Å². The van der Waals surface area contributed by atoms with Gasteiger partial charge in [-0.25, -0.2) is 0 Å². The third kappa shape index (κ3) is 1.52. The molecule has 1 aromatic heterocycles. The molecule has 0 aliphatic heterocycles. The minimum absolute atomic E-state index is 0.357. The van der Waals surface area contributed by atoms with E-state index in [4.69, 9.17) is 5.73 Å². The molecule has 1 heterocycles. The van der Waals surface area contributed by atoms with Crippen LogP contribution >= 0.6 is 0 Å². The zero-order chi connectivity index (χ0) is 11.0. The van der Waals surface area contributed by atoms with Crippen molar-refractivity contribution in [3.63, 3.8) is 0 Å². The Morgan fingerprint density at radius 1 is 1.40 bits per heavy atom. The average molecular weight is 204 g/mol. The summed E-state index contributed by atoms with van der Waals surface area (Å²) in [5, 5.41) is 8.51. The summed E-state index contributed by atoms with van der Waals surface area (Å²) in [5.41, 5.74) is 8.70. The molecule has 0 amide bonds. The Morgan fingerprint density at radius 2 is 2.13 bits per heavy atom. The van der Waals surface area contributed by atoms with Gasteiger partial charge in [0.2, 0.25) is 0 Å². The van der Waals surface area contributed by atoms with Gasteiger partial charge in [0.15, 0.2) is 0 Å². The summed E-state index contributed by atoms with van der Waals surface area (Å²) in [6.07, 6.45) is 1.85. The second-order valence-electron chi connectivity index (χ2n) is 3.93. The second kappa shape index (κ2) is 3.46. The van der Waals surface area contributed by atoms with Crippen LogP contribution in [0.1, 0.15) is 19.9 Å². The molecule has 0 saturated carbocycles. The number of benzene rings is 1. The van der Waals surface area contributed by atoms with Crippen molar-refractivity contribution in [2.75, 3.05) is 18.1 Å². The summed E-state index contributed by atoms with van der Waals surface area (Å²) in [5.74, 6) is 0. The van der Waals surface area contributed by atoms with Gasteiger partial charge in [0.25, 0.3) is 0 Å². The number of fused-ring (bicyclic) bond motifs is 1. The van der Waals surface area contributed by atoms with E-state index in [0.29, 0.717) is 6.04 Å². The van der Waals surface area contributed by atoms with Crippen LogP contribution in [-0.4, -0.2) is 16.8 Å². The van der Waals surface area contributed by atoms with Crippen LogP contribution in [0.2, 0.25) is 0 Å². The molecule has 80 valence electrons. The first kappa shape index (κ1) is 9.83. The van der Waals surface area contributed by atoms with E-state index >= 15 is 0 Å². The van der Waals surface area contributed by atoms with Gasteiger partial charge in [-0.1, -0.05) is 0 Å². The Bertz CT molecular complexity index is 485. The van der Waals surface area contributed by atoms with Gasteiger partial charge < -0.3 is 11.1 Å². The molecule has 0 unspecified atom stereocenters. The van der Waals surface area contributed by atoms with Gasteiger partial charge in [-0.05, 0) is 26.0 Å².